The standard InChI is InChI=1S/C8H15NO4S/c10-7-3-9(4-8(7)11)6-1-2-14(12,13)5-6/h6-8,10-11H,1-5H2. The van der Waals surface area contributed by atoms with Crippen LogP contribution in [0, 0.1) is 0 Å². The lowest BCUT2D eigenvalue weighted by molar-refractivity contribution is 0.0572. The van der Waals surface area contributed by atoms with Crippen LogP contribution in [0.1, 0.15) is 6.42 Å². The van der Waals surface area contributed by atoms with Gasteiger partial charge in [-0.25, -0.2) is 8.42 Å². The highest BCUT2D eigenvalue weighted by molar-refractivity contribution is 7.91. The SMILES string of the molecule is O=S1(=O)CCC(N2CC(O)C(O)C2)C1. The van der Waals surface area contributed by atoms with Gasteiger partial charge in [0.1, 0.15) is 0 Å². The molecule has 3 atom stereocenters. The molecule has 0 spiro atoms. The summed E-state index contributed by atoms with van der Waals surface area (Å²) >= 11 is 0. The Balaban J connectivity index is 1.99. The minimum atomic E-state index is -2.87. The quantitative estimate of drug-likeness (QED) is 0.547. The first-order valence-electron chi connectivity index (χ1n) is 4.78. The monoisotopic (exact) mass is 221 g/mol. The molecule has 14 heavy (non-hydrogen) atoms. The van der Waals surface area contributed by atoms with Crippen molar-refractivity contribution in [2.45, 2.75) is 24.7 Å². The summed E-state index contributed by atoms with van der Waals surface area (Å²) < 4.78 is 22.4. The van der Waals surface area contributed by atoms with E-state index in [0.29, 0.717) is 19.5 Å². The highest BCUT2D eigenvalue weighted by Crippen LogP contribution is 2.22. The van der Waals surface area contributed by atoms with E-state index in [-0.39, 0.29) is 17.5 Å². The van der Waals surface area contributed by atoms with E-state index in [0.717, 1.165) is 0 Å². The van der Waals surface area contributed by atoms with Gasteiger partial charge in [-0.3, -0.25) is 4.90 Å². The second kappa shape index (κ2) is 3.44. The first kappa shape index (κ1) is 10.4. The summed E-state index contributed by atoms with van der Waals surface area (Å²) in [6.07, 6.45) is -0.821. The van der Waals surface area contributed by atoms with E-state index in [1.165, 1.54) is 0 Å². The lowest BCUT2D eigenvalue weighted by atomic mass is 10.2. The number of sulfone groups is 1. The Bertz CT molecular complexity index is 305. The molecule has 2 aliphatic rings. The van der Waals surface area contributed by atoms with E-state index in [1.54, 1.807) is 0 Å². The number of hydrogen-bond donors (Lipinski definition) is 2. The molecule has 0 radical (unpaired) electrons. The van der Waals surface area contributed by atoms with Crippen molar-refractivity contribution in [3.05, 3.63) is 0 Å². The number of β-amino-alcohol motifs (C(OH)–C–C–N with tert-alkyl or cyclic N) is 2. The summed E-state index contributed by atoms with van der Waals surface area (Å²) in [6, 6.07) is -0.00759. The first-order valence-corrected chi connectivity index (χ1v) is 6.61. The van der Waals surface area contributed by atoms with Crippen molar-refractivity contribution in [2.75, 3.05) is 24.6 Å². The van der Waals surface area contributed by atoms with Crippen molar-refractivity contribution in [1.29, 1.82) is 0 Å². The molecule has 5 nitrogen and oxygen atoms in total. The van der Waals surface area contributed by atoms with E-state index < -0.39 is 22.0 Å². The van der Waals surface area contributed by atoms with Crippen LogP contribution in [0.25, 0.3) is 0 Å². The van der Waals surface area contributed by atoms with Crippen LogP contribution in [0.5, 0.6) is 0 Å². The molecule has 6 heteroatoms. The molecule has 0 amide bonds. The fourth-order valence-electron chi connectivity index (χ4n) is 2.16. The Morgan fingerprint density at radius 1 is 1.14 bits per heavy atom. The summed E-state index contributed by atoms with van der Waals surface area (Å²) in [6.45, 7) is 0.780. The van der Waals surface area contributed by atoms with E-state index in [4.69, 9.17) is 0 Å². The van der Waals surface area contributed by atoms with Crippen LogP contribution in [0.2, 0.25) is 0 Å². The highest BCUT2D eigenvalue weighted by Gasteiger charge is 2.38. The van der Waals surface area contributed by atoms with Crippen molar-refractivity contribution >= 4 is 9.84 Å². The molecule has 3 unspecified atom stereocenters. The van der Waals surface area contributed by atoms with Crippen LogP contribution in [-0.4, -0.2) is 66.4 Å². The van der Waals surface area contributed by atoms with Gasteiger partial charge in [0, 0.05) is 19.1 Å². The molecule has 2 N–H and O–H groups in total. The number of rotatable bonds is 1. The number of aliphatic hydroxyl groups excluding tert-OH is 2. The van der Waals surface area contributed by atoms with Crippen molar-refractivity contribution in [3.63, 3.8) is 0 Å². The van der Waals surface area contributed by atoms with Crippen molar-refractivity contribution < 1.29 is 18.6 Å². The maximum absolute atomic E-state index is 11.2. The average Bonchev–Trinajstić information content (AvgIpc) is 2.57. The van der Waals surface area contributed by atoms with Gasteiger partial charge in [-0.2, -0.15) is 0 Å². The molecular weight excluding hydrogens is 206 g/mol. The van der Waals surface area contributed by atoms with Crippen LogP contribution < -0.4 is 0 Å². The fourth-order valence-corrected chi connectivity index (χ4v) is 3.92. The number of likely N-dealkylation sites (tertiary alicyclic amines) is 1. The summed E-state index contributed by atoms with van der Waals surface area (Å²) in [4.78, 5) is 1.87. The molecule has 0 saturated carbocycles. The van der Waals surface area contributed by atoms with Crippen molar-refractivity contribution in [3.8, 4) is 0 Å². The second-order valence-corrected chi connectivity index (χ2v) is 6.37. The van der Waals surface area contributed by atoms with E-state index in [1.807, 2.05) is 4.90 Å². The predicted octanol–water partition coefficient (Wildman–Crippen LogP) is -1.79. The van der Waals surface area contributed by atoms with Crippen molar-refractivity contribution in [1.82, 2.24) is 4.90 Å². The van der Waals surface area contributed by atoms with Crippen LogP contribution in [0.15, 0.2) is 0 Å². The van der Waals surface area contributed by atoms with Gasteiger partial charge in [0.05, 0.1) is 23.7 Å². The molecule has 2 heterocycles. The molecule has 2 saturated heterocycles. The molecule has 2 rings (SSSR count). The normalized spacial score (nSPS) is 43.1. The first-order chi connectivity index (χ1) is 6.48. The summed E-state index contributed by atoms with van der Waals surface area (Å²) in [5.74, 6) is 0.410. The molecule has 2 fully saturated rings. The predicted molar refractivity (Wildman–Crippen MR) is 50.6 cm³/mol. The molecule has 0 aromatic heterocycles. The molecule has 0 bridgehead atoms. The lowest BCUT2D eigenvalue weighted by Crippen LogP contribution is -2.35. The fraction of sp³-hybridized carbons (Fsp3) is 1.00. The van der Waals surface area contributed by atoms with Gasteiger partial charge in [-0.05, 0) is 6.42 Å². The zero-order chi connectivity index (χ0) is 10.3. The van der Waals surface area contributed by atoms with Crippen LogP contribution in [0.3, 0.4) is 0 Å². The molecule has 0 aromatic carbocycles. The number of aliphatic hydroxyl groups is 2. The Hall–Kier alpha value is -0.170. The van der Waals surface area contributed by atoms with E-state index in [9.17, 15) is 18.6 Å². The van der Waals surface area contributed by atoms with Crippen molar-refractivity contribution in [2.24, 2.45) is 0 Å². The lowest BCUT2D eigenvalue weighted by Gasteiger charge is -2.21. The Morgan fingerprint density at radius 3 is 2.14 bits per heavy atom. The third kappa shape index (κ3) is 1.93. The zero-order valence-electron chi connectivity index (χ0n) is 7.83. The second-order valence-electron chi connectivity index (χ2n) is 4.15. The van der Waals surface area contributed by atoms with Gasteiger partial charge in [0.15, 0.2) is 9.84 Å². The topological polar surface area (TPSA) is 77.8 Å². The summed E-state index contributed by atoms with van der Waals surface area (Å²) in [5, 5.41) is 18.6. The third-order valence-electron chi connectivity index (χ3n) is 3.01. The Labute approximate surface area is 83.3 Å². The van der Waals surface area contributed by atoms with Gasteiger partial charge in [0.2, 0.25) is 0 Å². The molecule has 0 aliphatic carbocycles. The smallest absolute Gasteiger partial charge is 0.151 e. The van der Waals surface area contributed by atoms with Gasteiger partial charge in [0.25, 0.3) is 0 Å². The minimum absolute atomic E-state index is 0.00759. The van der Waals surface area contributed by atoms with Crippen LogP contribution >= 0.6 is 0 Å². The van der Waals surface area contributed by atoms with Gasteiger partial charge >= 0.3 is 0 Å². The number of hydrogen-bond acceptors (Lipinski definition) is 5. The largest absolute Gasteiger partial charge is 0.389 e. The molecule has 0 aromatic rings. The minimum Gasteiger partial charge on any atom is -0.389 e. The third-order valence-corrected chi connectivity index (χ3v) is 4.76. The Kier molecular flexibility index (Phi) is 2.55. The Morgan fingerprint density at radius 2 is 1.71 bits per heavy atom. The number of nitrogens with zero attached hydrogens (tertiary/aromatic N) is 1. The van der Waals surface area contributed by atoms with E-state index in [2.05, 4.69) is 0 Å². The van der Waals surface area contributed by atoms with Crippen LogP contribution in [-0.2, 0) is 9.84 Å². The molecular formula is C8H15NO4S. The molecule has 82 valence electrons. The van der Waals surface area contributed by atoms with E-state index >= 15 is 0 Å². The summed E-state index contributed by atoms with van der Waals surface area (Å²) in [5.41, 5.74) is 0. The maximum Gasteiger partial charge on any atom is 0.151 e. The van der Waals surface area contributed by atoms with Gasteiger partial charge in [-0.15, -0.1) is 0 Å². The average molecular weight is 221 g/mol. The van der Waals surface area contributed by atoms with Gasteiger partial charge in [-0.1, -0.05) is 0 Å². The zero-order valence-corrected chi connectivity index (χ0v) is 8.65. The molecule has 2 aliphatic heterocycles. The maximum atomic E-state index is 11.2. The summed E-state index contributed by atoms with van der Waals surface area (Å²) in [7, 11) is -2.87. The van der Waals surface area contributed by atoms with Gasteiger partial charge < -0.3 is 10.2 Å². The van der Waals surface area contributed by atoms with Crippen LogP contribution in [0.4, 0.5) is 0 Å². The highest BCUT2D eigenvalue weighted by atomic mass is 32.2.